The van der Waals surface area contributed by atoms with Gasteiger partial charge in [0, 0.05) is 10.6 Å². The molecule has 164 valence electrons. The van der Waals surface area contributed by atoms with E-state index in [1.165, 1.54) is 4.90 Å². The van der Waals surface area contributed by atoms with E-state index < -0.39 is 42.6 Å². The molecule has 1 heterocycles. The Bertz CT molecular complexity index is 1120. The van der Waals surface area contributed by atoms with Crippen LogP contribution in [0.4, 0.5) is 0 Å². The maximum Gasteiger partial charge on any atom is 0.313 e. The van der Waals surface area contributed by atoms with Gasteiger partial charge in [-0.1, -0.05) is 72.3 Å². The second-order valence-electron chi connectivity index (χ2n) is 7.72. The molecule has 1 amide bonds. The normalized spacial score (nSPS) is 19.8. The number of aliphatic hydroxyl groups excluding tert-OH is 2. The molecule has 3 aromatic carbocycles. The molecule has 0 saturated carbocycles. The summed E-state index contributed by atoms with van der Waals surface area (Å²) < 4.78 is 0. The number of aliphatic carboxylic acids is 1. The van der Waals surface area contributed by atoms with E-state index in [1.807, 2.05) is 0 Å². The largest absolute Gasteiger partial charge is 0.481 e. The first-order valence-corrected chi connectivity index (χ1v) is 10.6. The van der Waals surface area contributed by atoms with E-state index in [1.54, 1.807) is 78.9 Å². The van der Waals surface area contributed by atoms with Crippen LogP contribution in [-0.2, 0) is 4.79 Å². The Hall–Kier alpha value is -3.19. The van der Waals surface area contributed by atoms with Crippen molar-refractivity contribution in [1.82, 2.24) is 4.90 Å². The Labute approximate surface area is 190 Å². The lowest BCUT2D eigenvalue weighted by Crippen LogP contribution is -2.53. The van der Waals surface area contributed by atoms with Crippen LogP contribution < -0.4 is 0 Å². The standard InChI is InChI=1S/C25H22ClNO5/c26-17-12-10-15(11-13-17)22-21(25(31)32)18-8-4-5-9-19(18)24(30)27(22)20(14-28)23(29)16-6-2-1-3-7-16/h1-13,20-23,28-29H,14H2,(H,31,32)/t20-,21?,22?,23-/m1/s1. The molecule has 32 heavy (non-hydrogen) atoms. The SMILES string of the molecule is O=C(O)C1c2ccccc2C(=O)N([C@H](CO)[C@H](O)c2ccccc2)C1c1ccc(Cl)cc1. The zero-order valence-corrected chi connectivity index (χ0v) is 17.8. The fourth-order valence-corrected chi connectivity index (χ4v) is 4.54. The van der Waals surface area contributed by atoms with E-state index in [0.29, 0.717) is 21.7 Å². The summed E-state index contributed by atoms with van der Waals surface area (Å²) in [6.45, 7) is -0.555. The van der Waals surface area contributed by atoms with Gasteiger partial charge in [-0.3, -0.25) is 9.59 Å². The fraction of sp³-hybridized carbons (Fsp3) is 0.200. The third-order valence-electron chi connectivity index (χ3n) is 5.90. The summed E-state index contributed by atoms with van der Waals surface area (Å²) in [4.78, 5) is 27.4. The first-order chi connectivity index (χ1) is 15.4. The number of rotatable bonds is 6. The number of fused-ring (bicyclic) bond motifs is 1. The summed E-state index contributed by atoms with van der Waals surface area (Å²) in [5.41, 5.74) is 1.69. The average Bonchev–Trinajstić information content (AvgIpc) is 2.81. The third kappa shape index (κ3) is 3.88. The predicted molar refractivity (Wildman–Crippen MR) is 119 cm³/mol. The maximum absolute atomic E-state index is 13.7. The van der Waals surface area contributed by atoms with E-state index in [4.69, 9.17) is 11.6 Å². The van der Waals surface area contributed by atoms with Crippen LogP contribution in [0.2, 0.25) is 5.02 Å². The second kappa shape index (κ2) is 9.12. The molecule has 7 heteroatoms. The molecular weight excluding hydrogens is 430 g/mol. The van der Waals surface area contributed by atoms with Crippen molar-refractivity contribution in [3.63, 3.8) is 0 Å². The fourth-order valence-electron chi connectivity index (χ4n) is 4.41. The molecular formula is C25H22ClNO5. The molecule has 0 aliphatic carbocycles. The van der Waals surface area contributed by atoms with Crippen molar-refractivity contribution < 1.29 is 24.9 Å². The Morgan fingerprint density at radius 1 is 0.969 bits per heavy atom. The van der Waals surface area contributed by atoms with Crippen molar-refractivity contribution in [2.45, 2.75) is 24.1 Å². The van der Waals surface area contributed by atoms with E-state index in [2.05, 4.69) is 0 Å². The van der Waals surface area contributed by atoms with E-state index in [-0.39, 0.29) is 5.56 Å². The molecule has 4 atom stereocenters. The summed E-state index contributed by atoms with van der Waals surface area (Å²) in [6, 6.07) is 19.8. The molecule has 0 radical (unpaired) electrons. The van der Waals surface area contributed by atoms with Gasteiger partial charge >= 0.3 is 5.97 Å². The van der Waals surface area contributed by atoms with Gasteiger partial charge in [-0.2, -0.15) is 0 Å². The summed E-state index contributed by atoms with van der Waals surface area (Å²) >= 11 is 6.04. The maximum atomic E-state index is 13.7. The van der Waals surface area contributed by atoms with E-state index in [0.717, 1.165) is 0 Å². The number of halogens is 1. The molecule has 3 aromatic rings. The number of aliphatic hydroxyl groups is 2. The van der Waals surface area contributed by atoms with Gasteiger partial charge in [-0.05, 0) is 34.9 Å². The van der Waals surface area contributed by atoms with Crippen molar-refractivity contribution in [2.24, 2.45) is 0 Å². The van der Waals surface area contributed by atoms with Gasteiger partial charge in [-0.15, -0.1) is 0 Å². The molecule has 3 N–H and O–H groups in total. The Kier molecular flexibility index (Phi) is 6.28. The first kappa shape index (κ1) is 22.0. The summed E-state index contributed by atoms with van der Waals surface area (Å²) in [5, 5.41) is 32.1. The number of hydrogen-bond acceptors (Lipinski definition) is 4. The monoisotopic (exact) mass is 451 g/mol. The average molecular weight is 452 g/mol. The van der Waals surface area contributed by atoms with Crippen molar-refractivity contribution in [3.8, 4) is 0 Å². The van der Waals surface area contributed by atoms with Gasteiger partial charge in [0.15, 0.2) is 0 Å². The number of carbonyl (C=O) groups is 2. The van der Waals surface area contributed by atoms with E-state index in [9.17, 15) is 24.9 Å². The molecule has 1 aliphatic rings. The highest BCUT2D eigenvalue weighted by atomic mass is 35.5. The highest BCUT2D eigenvalue weighted by Crippen LogP contribution is 2.45. The number of carboxylic acids is 1. The summed E-state index contributed by atoms with van der Waals surface area (Å²) in [5.74, 6) is -2.66. The minimum absolute atomic E-state index is 0.240. The van der Waals surface area contributed by atoms with Crippen LogP contribution >= 0.6 is 11.6 Å². The smallest absolute Gasteiger partial charge is 0.313 e. The van der Waals surface area contributed by atoms with Crippen LogP contribution in [0.25, 0.3) is 0 Å². The first-order valence-electron chi connectivity index (χ1n) is 10.2. The Morgan fingerprint density at radius 2 is 1.59 bits per heavy atom. The lowest BCUT2D eigenvalue weighted by Gasteiger charge is -2.45. The van der Waals surface area contributed by atoms with Crippen molar-refractivity contribution >= 4 is 23.5 Å². The summed E-state index contributed by atoms with van der Waals surface area (Å²) in [7, 11) is 0. The number of amides is 1. The molecule has 6 nitrogen and oxygen atoms in total. The number of hydrogen-bond donors (Lipinski definition) is 3. The van der Waals surface area contributed by atoms with Gasteiger partial charge in [0.25, 0.3) is 5.91 Å². The van der Waals surface area contributed by atoms with Gasteiger partial charge < -0.3 is 20.2 Å². The topological polar surface area (TPSA) is 98.1 Å². The third-order valence-corrected chi connectivity index (χ3v) is 6.16. The molecule has 1 aliphatic heterocycles. The van der Waals surface area contributed by atoms with E-state index >= 15 is 0 Å². The van der Waals surface area contributed by atoms with Crippen LogP contribution in [0, 0.1) is 0 Å². The van der Waals surface area contributed by atoms with Crippen molar-refractivity contribution in [1.29, 1.82) is 0 Å². The lowest BCUT2D eigenvalue weighted by atomic mass is 9.78. The number of benzene rings is 3. The van der Waals surface area contributed by atoms with Crippen LogP contribution in [0.15, 0.2) is 78.9 Å². The molecule has 2 unspecified atom stereocenters. The Balaban J connectivity index is 1.91. The molecule has 0 spiro atoms. The molecule has 0 aromatic heterocycles. The summed E-state index contributed by atoms with van der Waals surface area (Å²) in [6.07, 6.45) is -1.22. The number of nitrogens with zero attached hydrogens (tertiary/aromatic N) is 1. The lowest BCUT2D eigenvalue weighted by molar-refractivity contribution is -0.141. The zero-order chi connectivity index (χ0) is 22.8. The van der Waals surface area contributed by atoms with Gasteiger partial charge in [-0.25, -0.2) is 0 Å². The minimum atomic E-state index is -1.22. The highest BCUT2D eigenvalue weighted by Gasteiger charge is 2.48. The minimum Gasteiger partial charge on any atom is -0.481 e. The zero-order valence-electron chi connectivity index (χ0n) is 17.0. The van der Waals surface area contributed by atoms with Crippen molar-refractivity contribution in [2.75, 3.05) is 6.61 Å². The van der Waals surface area contributed by atoms with Gasteiger partial charge in [0.2, 0.25) is 0 Å². The van der Waals surface area contributed by atoms with Crippen LogP contribution in [-0.4, -0.2) is 44.7 Å². The van der Waals surface area contributed by atoms with Gasteiger partial charge in [0.05, 0.1) is 18.7 Å². The van der Waals surface area contributed by atoms with Crippen LogP contribution in [0.1, 0.15) is 45.1 Å². The van der Waals surface area contributed by atoms with Crippen LogP contribution in [0.5, 0.6) is 0 Å². The molecule has 0 saturated heterocycles. The quantitative estimate of drug-likeness (QED) is 0.529. The number of carbonyl (C=O) groups excluding carboxylic acids is 1. The van der Waals surface area contributed by atoms with Gasteiger partial charge in [0.1, 0.15) is 12.0 Å². The Morgan fingerprint density at radius 3 is 2.22 bits per heavy atom. The van der Waals surface area contributed by atoms with Crippen molar-refractivity contribution in [3.05, 3.63) is 106 Å². The number of carboxylic acid groups (broad SMARTS) is 1. The highest BCUT2D eigenvalue weighted by molar-refractivity contribution is 6.30. The second-order valence-corrected chi connectivity index (χ2v) is 8.15. The molecule has 0 fully saturated rings. The molecule has 0 bridgehead atoms. The van der Waals surface area contributed by atoms with Crippen LogP contribution in [0.3, 0.4) is 0 Å². The predicted octanol–water partition coefficient (Wildman–Crippen LogP) is 3.80. The molecule has 4 rings (SSSR count).